The van der Waals surface area contributed by atoms with Crippen LogP contribution < -0.4 is 11.1 Å². The minimum Gasteiger partial charge on any atom is -0.370 e. The van der Waals surface area contributed by atoms with Gasteiger partial charge in [0.05, 0.1) is 6.54 Å². The molecule has 0 aromatic heterocycles. The van der Waals surface area contributed by atoms with Crippen LogP contribution in [0.4, 0.5) is 5.69 Å². The van der Waals surface area contributed by atoms with E-state index in [1.807, 2.05) is 0 Å². The van der Waals surface area contributed by atoms with E-state index in [9.17, 15) is 0 Å². The van der Waals surface area contributed by atoms with Gasteiger partial charge in [0.1, 0.15) is 0 Å². The van der Waals surface area contributed by atoms with E-state index in [1.165, 1.54) is 75.6 Å². The average Bonchev–Trinajstić information content (AvgIpc) is 2.75. The summed E-state index contributed by atoms with van der Waals surface area (Å²) in [6.45, 7) is 5.57. The first-order chi connectivity index (χ1) is 13.7. The second-order valence-corrected chi connectivity index (χ2v) is 9.05. The highest BCUT2D eigenvalue weighted by atomic mass is 127. The van der Waals surface area contributed by atoms with Gasteiger partial charge in [-0.15, -0.1) is 24.0 Å². The number of nitrogens with one attached hydrogen (secondary N) is 1. The van der Waals surface area contributed by atoms with Gasteiger partial charge in [-0.25, -0.2) is 0 Å². The highest BCUT2D eigenvalue weighted by Crippen LogP contribution is 2.32. The fourth-order valence-corrected chi connectivity index (χ4v) is 5.29. The molecule has 2 fully saturated rings. The summed E-state index contributed by atoms with van der Waals surface area (Å²) in [5, 5.41) is 3.44. The molecular formula is C23H38IN5. The fourth-order valence-electron chi connectivity index (χ4n) is 5.29. The molecule has 1 aromatic rings. The maximum Gasteiger partial charge on any atom is 0.193 e. The first-order valence-electron chi connectivity index (χ1n) is 11.3. The van der Waals surface area contributed by atoms with Crippen LogP contribution in [-0.4, -0.2) is 61.1 Å². The van der Waals surface area contributed by atoms with Gasteiger partial charge >= 0.3 is 0 Å². The van der Waals surface area contributed by atoms with Crippen LogP contribution in [0.15, 0.2) is 23.2 Å². The van der Waals surface area contributed by atoms with Crippen molar-refractivity contribution in [3.05, 3.63) is 29.3 Å². The zero-order valence-electron chi connectivity index (χ0n) is 18.0. The zero-order valence-corrected chi connectivity index (χ0v) is 20.3. The molecule has 1 aromatic carbocycles. The first kappa shape index (κ1) is 22.8. The summed E-state index contributed by atoms with van der Waals surface area (Å²) >= 11 is 0. The fraction of sp³-hybridized carbons (Fsp3) is 0.696. The molecule has 0 spiro atoms. The molecule has 5 nitrogen and oxygen atoms in total. The van der Waals surface area contributed by atoms with E-state index in [-0.39, 0.29) is 29.5 Å². The Balaban J connectivity index is 0.00000240. The minimum absolute atomic E-state index is 0. The lowest BCUT2D eigenvalue weighted by Crippen LogP contribution is -2.58. The van der Waals surface area contributed by atoms with Crippen LogP contribution in [0.5, 0.6) is 0 Å². The Labute approximate surface area is 193 Å². The largest absolute Gasteiger partial charge is 0.370 e. The maximum atomic E-state index is 6.38. The highest BCUT2D eigenvalue weighted by Gasteiger charge is 2.39. The lowest BCUT2D eigenvalue weighted by molar-refractivity contribution is 0.0209. The quantitative estimate of drug-likeness (QED) is 0.366. The number of aryl methyl sites for hydroxylation is 1. The summed E-state index contributed by atoms with van der Waals surface area (Å²) in [6, 6.07) is 6.56. The number of hydrogen-bond donors (Lipinski definition) is 2. The summed E-state index contributed by atoms with van der Waals surface area (Å²) in [4.78, 5) is 10.1. The molecule has 3 aliphatic rings. The average molecular weight is 511 g/mol. The monoisotopic (exact) mass is 511 g/mol. The van der Waals surface area contributed by atoms with Crippen LogP contribution in [0.3, 0.4) is 0 Å². The number of halogens is 1. The normalized spacial score (nSPS) is 23.1. The minimum atomic E-state index is 0. The van der Waals surface area contributed by atoms with Crippen molar-refractivity contribution < 1.29 is 0 Å². The van der Waals surface area contributed by atoms with Crippen molar-refractivity contribution in [1.29, 1.82) is 0 Å². The van der Waals surface area contributed by atoms with Crippen LogP contribution in [-0.2, 0) is 12.8 Å². The van der Waals surface area contributed by atoms with E-state index < -0.39 is 0 Å². The third-order valence-electron chi connectivity index (χ3n) is 7.15. The number of fused-ring (bicyclic) bond motifs is 1. The molecule has 1 aliphatic carbocycles. The number of benzene rings is 1. The predicted octanol–water partition coefficient (Wildman–Crippen LogP) is 3.86. The van der Waals surface area contributed by atoms with Crippen molar-refractivity contribution in [2.75, 3.05) is 45.1 Å². The smallest absolute Gasteiger partial charge is 0.193 e. The Kier molecular flexibility index (Phi) is 8.22. The number of aliphatic imine (C=N–C) groups is 1. The van der Waals surface area contributed by atoms with E-state index in [0.29, 0.717) is 5.96 Å². The number of likely N-dealkylation sites (tertiary alicyclic amines) is 2. The van der Waals surface area contributed by atoms with E-state index in [0.717, 1.165) is 31.7 Å². The van der Waals surface area contributed by atoms with E-state index in [2.05, 4.69) is 40.4 Å². The number of guanidine groups is 1. The van der Waals surface area contributed by atoms with Crippen LogP contribution in [0.1, 0.15) is 56.1 Å². The Morgan fingerprint density at radius 2 is 1.76 bits per heavy atom. The second kappa shape index (κ2) is 10.4. The maximum absolute atomic E-state index is 6.38. The molecule has 2 heterocycles. The van der Waals surface area contributed by atoms with Gasteiger partial charge in [0.15, 0.2) is 5.96 Å². The van der Waals surface area contributed by atoms with E-state index in [1.54, 1.807) is 0 Å². The predicted molar refractivity (Wildman–Crippen MR) is 133 cm³/mol. The lowest BCUT2D eigenvalue weighted by atomic mass is 9.84. The van der Waals surface area contributed by atoms with Crippen molar-refractivity contribution in [3.63, 3.8) is 0 Å². The van der Waals surface area contributed by atoms with Gasteiger partial charge in [0.25, 0.3) is 0 Å². The topological polar surface area (TPSA) is 56.9 Å². The van der Waals surface area contributed by atoms with E-state index >= 15 is 0 Å². The van der Waals surface area contributed by atoms with Crippen LogP contribution >= 0.6 is 24.0 Å². The molecule has 2 aliphatic heterocycles. The van der Waals surface area contributed by atoms with Crippen LogP contribution in [0.2, 0.25) is 0 Å². The third-order valence-corrected chi connectivity index (χ3v) is 7.15. The third kappa shape index (κ3) is 5.44. The van der Waals surface area contributed by atoms with Gasteiger partial charge in [0.2, 0.25) is 0 Å². The van der Waals surface area contributed by atoms with Crippen molar-refractivity contribution in [3.8, 4) is 0 Å². The Hall–Kier alpha value is -0.860. The van der Waals surface area contributed by atoms with Gasteiger partial charge in [-0.3, -0.25) is 9.89 Å². The van der Waals surface area contributed by atoms with Crippen LogP contribution in [0.25, 0.3) is 0 Å². The second-order valence-electron chi connectivity index (χ2n) is 9.05. The van der Waals surface area contributed by atoms with Gasteiger partial charge in [-0.2, -0.15) is 0 Å². The summed E-state index contributed by atoms with van der Waals surface area (Å²) in [5.41, 5.74) is 10.7. The number of hydrogen-bond acceptors (Lipinski definition) is 3. The summed E-state index contributed by atoms with van der Waals surface area (Å²) in [7, 11) is 2.23. The molecule has 0 bridgehead atoms. The summed E-state index contributed by atoms with van der Waals surface area (Å²) < 4.78 is 0. The molecule has 0 unspecified atom stereocenters. The molecule has 0 amide bonds. The summed E-state index contributed by atoms with van der Waals surface area (Å²) in [6.07, 6.45) is 11.3. The molecule has 0 saturated carbocycles. The van der Waals surface area contributed by atoms with Gasteiger partial charge in [0, 0.05) is 11.2 Å². The van der Waals surface area contributed by atoms with Gasteiger partial charge < -0.3 is 16.0 Å². The Morgan fingerprint density at radius 1 is 1.03 bits per heavy atom. The molecule has 2 saturated heterocycles. The molecule has 3 N–H and O–H groups in total. The molecule has 29 heavy (non-hydrogen) atoms. The molecule has 0 atom stereocenters. The number of piperidine rings is 2. The van der Waals surface area contributed by atoms with Crippen molar-refractivity contribution in [2.24, 2.45) is 10.7 Å². The lowest BCUT2D eigenvalue weighted by Gasteiger charge is -2.49. The van der Waals surface area contributed by atoms with Crippen LogP contribution in [0, 0.1) is 0 Å². The molecule has 162 valence electrons. The van der Waals surface area contributed by atoms with Crippen molar-refractivity contribution in [1.82, 2.24) is 9.80 Å². The van der Waals surface area contributed by atoms with Gasteiger partial charge in [-0.1, -0.05) is 18.6 Å². The van der Waals surface area contributed by atoms with Crippen molar-refractivity contribution >= 4 is 35.6 Å². The molecular weight excluding hydrogens is 473 g/mol. The highest BCUT2D eigenvalue weighted by molar-refractivity contribution is 14.0. The van der Waals surface area contributed by atoms with Gasteiger partial charge in [-0.05, 0) is 102 Å². The Bertz CT molecular complexity index is 691. The number of nitrogens with two attached hydrogens (primary N) is 1. The number of rotatable bonds is 4. The Morgan fingerprint density at radius 3 is 2.52 bits per heavy atom. The first-order valence-corrected chi connectivity index (χ1v) is 11.3. The number of anilines is 1. The standard InChI is InChI=1S/C23H37N5.HI/c1-27-16-12-23(13-17-27,28-14-5-2-6-15-28)18-25-22(24)26-21-11-7-9-19-8-3-4-10-20(19)21;/h7,9,11H,2-6,8,10,12-18H2,1H3,(H3,24,25,26);1H. The van der Waals surface area contributed by atoms with Crippen molar-refractivity contribution in [2.45, 2.75) is 63.3 Å². The number of nitrogens with zero attached hydrogens (tertiary/aromatic N) is 3. The molecule has 4 rings (SSSR count). The SMILES string of the molecule is CN1CCC(CN=C(N)Nc2cccc3c2CCCC3)(N2CCCCC2)CC1.I. The molecule has 6 heteroatoms. The van der Waals surface area contributed by atoms with E-state index in [4.69, 9.17) is 10.7 Å². The summed E-state index contributed by atoms with van der Waals surface area (Å²) in [5.74, 6) is 0.578. The molecule has 0 radical (unpaired) electrons. The zero-order chi connectivity index (χ0) is 19.4.